The van der Waals surface area contributed by atoms with Crippen LogP contribution in [-0.2, 0) is 4.79 Å². The number of rotatable bonds is 2. The monoisotopic (exact) mass is 171 g/mol. The zero-order valence-corrected chi connectivity index (χ0v) is 7.76. The van der Waals surface area contributed by atoms with Crippen LogP contribution in [0.5, 0.6) is 0 Å². The van der Waals surface area contributed by atoms with Crippen LogP contribution >= 0.6 is 0 Å². The molecule has 1 amide bonds. The number of nitrogens with zero attached hydrogens (tertiary/aromatic N) is 1. The summed E-state index contributed by atoms with van der Waals surface area (Å²) < 4.78 is 0. The van der Waals surface area contributed by atoms with Crippen molar-refractivity contribution >= 4 is 5.91 Å². The molecular formula is C8H17N3O. The molecule has 12 heavy (non-hydrogen) atoms. The summed E-state index contributed by atoms with van der Waals surface area (Å²) in [5.74, 6) is 0.108. The molecule has 0 bridgehead atoms. The molecule has 4 heteroatoms. The van der Waals surface area contributed by atoms with E-state index in [1.165, 1.54) is 0 Å². The molecule has 0 saturated carbocycles. The van der Waals surface area contributed by atoms with E-state index in [1.807, 2.05) is 6.92 Å². The van der Waals surface area contributed by atoms with Gasteiger partial charge in [-0.25, -0.2) is 0 Å². The van der Waals surface area contributed by atoms with Crippen molar-refractivity contribution in [1.29, 1.82) is 0 Å². The summed E-state index contributed by atoms with van der Waals surface area (Å²) in [6.07, 6.45) is 0. The minimum atomic E-state index is 0.0112. The first-order chi connectivity index (χ1) is 5.75. The van der Waals surface area contributed by atoms with Crippen LogP contribution in [0, 0.1) is 0 Å². The molecule has 0 aromatic heterocycles. The Morgan fingerprint density at radius 2 is 2.08 bits per heavy atom. The Morgan fingerprint density at radius 1 is 1.50 bits per heavy atom. The van der Waals surface area contributed by atoms with Crippen LogP contribution in [0.15, 0.2) is 0 Å². The summed E-state index contributed by atoms with van der Waals surface area (Å²) in [6, 6.07) is 0.0112. The van der Waals surface area contributed by atoms with Crippen molar-refractivity contribution < 1.29 is 4.79 Å². The predicted octanol–water partition coefficient (Wildman–Crippen LogP) is -0.974. The highest BCUT2D eigenvalue weighted by atomic mass is 16.2. The Labute approximate surface area is 73.3 Å². The standard InChI is InChI=1S/C8H17N3O/c1-7(8(12)9-2)11-5-3-10-4-6-11/h7,10H,3-6H2,1-2H3,(H,9,12)/t7-/m1/s1. The minimum absolute atomic E-state index is 0.0112. The van der Waals surface area contributed by atoms with Crippen molar-refractivity contribution in [2.45, 2.75) is 13.0 Å². The molecule has 1 atom stereocenters. The highest BCUT2D eigenvalue weighted by Crippen LogP contribution is 2.00. The predicted molar refractivity (Wildman–Crippen MR) is 48.0 cm³/mol. The molecule has 1 aliphatic rings. The number of carbonyl (C=O) groups is 1. The summed E-state index contributed by atoms with van der Waals surface area (Å²) in [7, 11) is 1.68. The van der Waals surface area contributed by atoms with Gasteiger partial charge in [-0.1, -0.05) is 0 Å². The fraction of sp³-hybridized carbons (Fsp3) is 0.875. The van der Waals surface area contributed by atoms with Crippen LogP contribution in [0.2, 0.25) is 0 Å². The number of hydrogen-bond acceptors (Lipinski definition) is 3. The van der Waals surface area contributed by atoms with Gasteiger partial charge in [0.1, 0.15) is 0 Å². The molecule has 1 heterocycles. The van der Waals surface area contributed by atoms with E-state index in [9.17, 15) is 4.79 Å². The van der Waals surface area contributed by atoms with E-state index >= 15 is 0 Å². The lowest BCUT2D eigenvalue weighted by atomic mass is 10.2. The fourth-order valence-corrected chi connectivity index (χ4v) is 1.44. The first-order valence-electron chi connectivity index (χ1n) is 4.42. The van der Waals surface area contributed by atoms with Gasteiger partial charge in [0.15, 0.2) is 0 Å². The van der Waals surface area contributed by atoms with Gasteiger partial charge in [-0.3, -0.25) is 9.69 Å². The molecule has 0 unspecified atom stereocenters. The van der Waals surface area contributed by atoms with Crippen molar-refractivity contribution in [2.75, 3.05) is 33.2 Å². The van der Waals surface area contributed by atoms with Gasteiger partial charge in [-0.2, -0.15) is 0 Å². The smallest absolute Gasteiger partial charge is 0.236 e. The van der Waals surface area contributed by atoms with Gasteiger partial charge < -0.3 is 10.6 Å². The van der Waals surface area contributed by atoms with E-state index in [0.29, 0.717) is 0 Å². The molecule has 1 saturated heterocycles. The Balaban J connectivity index is 2.39. The zero-order valence-electron chi connectivity index (χ0n) is 7.76. The van der Waals surface area contributed by atoms with Crippen LogP contribution in [0.1, 0.15) is 6.92 Å². The second kappa shape index (κ2) is 4.42. The van der Waals surface area contributed by atoms with E-state index in [-0.39, 0.29) is 11.9 Å². The highest BCUT2D eigenvalue weighted by Gasteiger charge is 2.21. The summed E-state index contributed by atoms with van der Waals surface area (Å²) in [6.45, 7) is 5.86. The summed E-state index contributed by atoms with van der Waals surface area (Å²) in [4.78, 5) is 13.4. The summed E-state index contributed by atoms with van der Waals surface area (Å²) in [5.41, 5.74) is 0. The molecule has 0 aliphatic carbocycles. The number of hydrogen-bond donors (Lipinski definition) is 2. The van der Waals surface area contributed by atoms with Crippen molar-refractivity contribution in [3.63, 3.8) is 0 Å². The van der Waals surface area contributed by atoms with E-state index in [1.54, 1.807) is 7.05 Å². The number of piperazine rings is 1. The average Bonchev–Trinajstić information content (AvgIpc) is 2.17. The zero-order chi connectivity index (χ0) is 8.97. The van der Waals surface area contributed by atoms with Crippen LogP contribution in [0.4, 0.5) is 0 Å². The Bertz CT molecular complexity index is 154. The molecule has 70 valence electrons. The molecule has 0 spiro atoms. The molecule has 4 nitrogen and oxygen atoms in total. The second-order valence-corrected chi connectivity index (χ2v) is 3.08. The van der Waals surface area contributed by atoms with Crippen molar-refractivity contribution in [3.05, 3.63) is 0 Å². The number of nitrogens with one attached hydrogen (secondary N) is 2. The third-order valence-corrected chi connectivity index (χ3v) is 2.33. The van der Waals surface area contributed by atoms with E-state index in [0.717, 1.165) is 26.2 Å². The third-order valence-electron chi connectivity index (χ3n) is 2.33. The molecule has 2 N–H and O–H groups in total. The highest BCUT2D eigenvalue weighted by molar-refractivity contribution is 5.80. The quantitative estimate of drug-likeness (QED) is 0.561. The maximum absolute atomic E-state index is 11.2. The molecule has 1 rings (SSSR count). The normalized spacial score (nSPS) is 21.8. The lowest BCUT2D eigenvalue weighted by molar-refractivity contribution is -0.125. The van der Waals surface area contributed by atoms with Gasteiger partial charge in [0.05, 0.1) is 6.04 Å². The van der Waals surface area contributed by atoms with Gasteiger partial charge in [-0.15, -0.1) is 0 Å². The lowest BCUT2D eigenvalue weighted by Crippen LogP contribution is -2.52. The molecule has 0 aromatic rings. The van der Waals surface area contributed by atoms with Gasteiger partial charge in [0, 0.05) is 33.2 Å². The van der Waals surface area contributed by atoms with Crippen LogP contribution < -0.4 is 10.6 Å². The van der Waals surface area contributed by atoms with E-state index in [2.05, 4.69) is 15.5 Å². The van der Waals surface area contributed by atoms with Crippen molar-refractivity contribution in [3.8, 4) is 0 Å². The Kier molecular flexibility index (Phi) is 3.49. The van der Waals surface area contributed by atoms with Crippen LogP contribution in [0.3, 0.4) is 0 Å². The first kappa shape index (κ1) is 9.48. The molecule has 0 radical (unpaired) electrons. The number of amides is 1. The first-order valence-corrected chi connectivity index (χ1v) is 4.42. The van der Waals surface area contributed by atoms with E-state index in [4.69, 9.17) is 0 Å². The Morgan fingerprint density at radius 3 is 2.58 bits per heavy atom. The molecular weight excluding hydrogens is 154 g/mol. The van der Waals surface area contributed by atoms with Gasteiger partial charge in [-0.05, 0) is 6.92 Å². The summed E-state index contributed by atoms with van der Waals surface area (Å²) in [5, 5.41) is 5.91. The minimum Gasteiger partial charge on any atom is -0.358 e. The summed E-state index contributed by atoms with van der Waals surface area (Å²) >= 11 is 0. The largest absolute Gasteiger partial charge is 0.358 e. The van der Waals surface area contributed by atoms with Gasteiger partial charge in [0.2, 0.25) is 5.91 Å². The van der Waals surface area contributed by atoms with Gasteiger partial charge in [0.25, 0.3) is 0 Å². The molecule has 1 fully saturated rings. The molecule has 1 aliphatic heterocycles. The SMILES string of the molecule is CNC(=O)[C@@H](C)N1CCNCC1. The van der Waals surface area contributed by atoms with Crippen molar-refractivity contribution in [2.24, 2.45) is 0 Å². The van der Waals surface area contributed by atoms with Crippen LogP contribution in [-0.4, -0.2) is 50.1 Å². The van der Waals surface area contributed by atoms with E-state index < -0.39 is 0 Å². The Hall–Kier alpha value is -0.610. The second-order valence-electron chi connectivity index (χ2n) is 3.08. The molecule has 0 aromatic carbocycles. The fourth-order valence-electron chi connectivity index (χ4n) is 1.44. The average molecular weight is 171 g/mol. The van der Waals surface area contributed by atoms with Gasteiger partial charge >= 0.3 is 0 Å². The maximum atomic E-state index is 11.2. The van der Waals surface area contributed by atoms with Crippen molar-refractivity contribution in [1.82, 2.24) is 15.5 Å². The maximum Gasteiger partial charge on any atom is 0.236 e. The third kappa shape index (κ3) is 2.19. The van der Waals surface area contributed by atoms with Crippen LogP contribution in [0.25, 0.3) is 0 Å². The number of likely N-dealkylation sites (N-methyl/N-ethyl adjacent to an activating group) is 1. The number of carbonyl (C=O) groups excluding carboxylic acids is 1. The lowest BCUT2D eigenvalue weighted by Gasteiger charge is -2.31. The topological polar surface area (TPSA) is 44.4 Å².